The predicted molar refractivity (Wildman–Crippen MR) is 108 cm³/mol. The van der Waals surface area contributed by atoms with Crippen molar-refractivity contribution in [2.45, 2.75) is 19.8 Å². The van der Waals surface area contributed by atoms with Gasteiger partial charge in [-0.3, -0.25) is 4.79 Å². The molecule has 0 fully saturated rings. The molecule has 0 saturated carbocycles. The molecule has 0 atom stereocenters. The molecule has 0 aliphatic heterocycles. The van der Waals surface area contributed by atoms with Gasteiger partial charge >= 0.3 is 0 Å². The summed E-state index contributed by atoms with van der Waals surface area (Å²) in [6.45, 7) is 2.65. The predicted octanol–water partition coefficient (Wildman–Crippen LogP) is 4.21. The van der Waals surface area contributed by atoms with Gasteiger partial charge in [-0.05, 0) is 43.5 Å². The minimum Gasteiger partial charge on any atom is -0.504 e. The summed E-state index contributed by atoms with van der Waals surface area (Å²) in [5.41, 5.74) is 1.46. The van der Waals surface area contributed by atoms with Gasteiger partial charge in [-0.1, -0.05) is 46.3 Å². The van der Waals surface area contributed by atoms with E-state index in [4.69, 9.17) is 4.74 Å². The maximum absolute atomic E-state index is 12.3. The van der Waals surface area contributed by atoms with Crippen LogP contribution in [-0.2, 0) is 11.2 Å². The summed E-state index contributed by atoms with van der Waals surface area (Å²) in [5, 5.41) is 22.3. The van der Waals surface area contributed by atoms with Crippen LogP contribution < -0.4 is 10.1 Å². The number of hydrogen-bond acceptors (Lipinski definition) is 4. The molecule has 5 nitrogen and oxygen atoms in total. The maximum atomic E-state index is 12.3. The monoisotopic (exact) mass is 428 g/mol. The number of aromatic hydroxyl groups is 1. The summed E-state index contributed by atoms with van der Waals surface area (Å²) in [4.78, 5) is 12.3. The quantitative estimate of drug-likeness (QED) is 0.374. The summed E-state index contributed by atoms with van der Waals surface area (Å²) in [5.74, 6) is -0.286. The number of aryl methyl sites for hydroxylation is 1. The normalized spacial score (nSPS) is 10.9. The Hall–Kier alpha value is -2.78. The number of nitriles is 1. The molecule has 2 aromatic rings. The van der Waals surface area contributed by atoms with Gasteiger partial charge in [0.1, 0.15) is 11.6 Å². The second-order valence-corrected chi connectivity index (χ2v) is 6.71. The van der Waals surface area contributed by atoms with Gasteiger partial charge in [0.15, 0.2) is 11.5 Å². The number of amides is 1. The van der Waals surface area contributed by atoms with Crippen LogP contribution in [0.2, 0.25) is 0 Å². The van der Waals surface area contributed by atoms with E-state index in [-0.39, 0.29) is 11.3 Å². The fourth-order valence-electron chi connectivity index (χ4n) is 2.51. The van der Waals surface area contributed by atoms with Gasteiger partial charge in [0, 0.05) is 16.6 Å². The van der Waals surface area contributed by atoms with E-state index in [2.05, 4.69) is 21.2 Å². The molecule has 0 aliphatic rings. The van der Waals surface area contributed by atoms with Gasteiger partial charge in [-0.2, -0.15) is 5.26 Å². The van der Waals surface area contributed by atoms with Crippen LogP contribution in [0.15, 0.2) is 52.5 Å². The molecule has 2 rings (SSSR count). The summed E-state index contributed by atoms with van der Waals surface area (Å²) in [6.07, 6.45) is 2.97. The number of nitrogens with one attached hydrogen (secondary N) is 1. The number of ether oxygens (including phenoxy) is 1. The third-order valence-electron chi connectivity index (χ3n) is 3.80. The highest BCUT2D eigenvalue weighted by Gasteiger charge is 2.13. The minimum absolute atomic E-state index is 0.0782. The molecule has 2 N–H and O–H groups in total. The van der Waals surface area contributed by atoms with Crippen molar-refractivity contribution >= 4 is 27.9 Å². The van der Waals surface area contributed by atoms with Crippen LogP contribution in [0.5, 0.6) is 11.5 Å². The van der Waals surface area contributed by atoms with Crippen LogP contribution in [0.4, 0.5) is 0 Å². The van der Waals surface area contributed by atoms with E-state index in [1.165, 1.54) is 11.6 Å². The van der Waals surface area contributed by atoms with Gasteiger partial charge < -0.3 is 15.2 Å². The van der Waals surface area contributed by atoms with E-state index in [1.807, 2.05) is 36.4 Å². The number of halogens is 1. The van der Waals surface area contributed by atoms with Crippen molar-refractivity contribution in [2.75, 3.05) is 13.2 Å². The fraction of sp³-hybridized carbons (Fsp3) is 0.238. The second kappa shape index (κ2) is 10.4. The lowest BCUT2D eigenvalue weighted by Crippen LogP contribution is -2.25. The highest BCUT2D eigenvalue weighted by molar-refractivity contribution is 9.10. The van der Waals surface area contributed by atoms with Crippen LogP contribution in [-0.4, -0.2) is 24.2 Å². The van der Waals surface area contributed by atoms with Crippen molar-refractivity contribution in [2.24, 2.45) is 0 Å². The van der Waals surface area contributed by atoms with E-state index in [0.29, 0.717) is 28.9 Å². The first-order valence-electron chi connectivity index (χ1n) is 8.64. The number of carbonyl (C=O) groups is 1. The molecule has 0 heterocycles. The van der Waals surface area contributed by atoms with E-state index in [1.54, 1.807) is 19.1 Å². The first kappa shape index (κ1) is 20.5. The van der Waals surface area contributed by atoms with Gasteiger partial charge in [0.05, 0.1) is 6.61 Å². The summed E-state index contributed by atoms with van der Waals surface area (Å²) >= 11 is 3.34. The molecule has 140 valence electrons. The Morgan fingerprint density at radius 1 is 1.33 bits per heavy atom. The van der Waals surface area contributed by atoms with Gasteiger partial charge in [-0.25, -0.2) is 0 Å². The lowest BCUT2D eigenvalue weighted by molar-refractivity contribution is -0.117. The third-order valence-corrected chi connectivity index (χ3v) is 4.26. The Labute approximate surface area is 167 Å². The van der Waals surface area contributed by atoms with Crippen LogP contribution in [0.3, 0.4) is 0 Å². The largest absolute Gasteiger partial charge is 0.504 e. The molecule has 0 spiro atoms. The van der Waals surface area contributed by atoms with Crippen molar-refractivity contribution in [3.8, 4) is 17.6 Å². The molecule has 0 bridgehead atoms. The molecule has 0 aliphatic carbocycles. The Kier molecular flexibility index (Phi) is 7.90. The number of phenolic OH excluding ortho intramolecular Hbond substituents is 1. The molecule has 0 radical (unpaired) electrons. The summed E-state index contributed by atoms with van der Waals surface area (Å²) in [7, 11) is 0. The zero-order valence-corrected chi connectivity index (χ0v) is 16.6. The van der Waals surface area contributed by atoms with Crippen molar-refractivity contribution in [1.82, 2.24) is 5.32 Å². The van der Waals surface area contributed by atoms with Crippen molar-refractivity contribution in [1.29, 1.82) is 5.26 Å². The topological polar surface area (TPSA) is 82.3 Å². The lowest BCUT2D eigenvalue weighted by atomic mass is 10.1. The van der Waals surface area contributed by atoms with Gasteiger partial charge in [0.2, 0.25) is 0 Å². The second-order valence-electron chi connectivity index (χ2n) is 5.79. The zero-order chi connectivity index (χ0) is 19.6. The number of hydrogen-bond donors (Lipinski definition) is 2. The molecule has 1 amide bonds. The van der Waals surface area contributed by atoms with Crippen LogP contribution >= 0.6 is 15.9 Å². The fourth-order valence-corrected chi connectivity index (χ4v) is 2.96. The van der Waals surface area contributed by atoms with Gasteiger partial charge in [-0.15, -0.1) is 0 Å². The molecular formula is C21H21BrN2O3. The van der Waals surface area contributed by atoms with Crippen molar-refractivity contribution < 1.29 is 14.6 Å². The smallest absolute Gasteiger partial charge is 0.261 e. The Balaban J connectivity index is 2.03. The Bertz CT molecular complexity index is 858. The van der Waals surface area contributed by atoms with Crippen LogP contribution in [0.1, 0.15) is 24.5 Å². The minimum atomic E-state index is -0.470. The number of benzene rings is 2. The number of rotatable bonds is 8. The maximum Gasteiger partial charge on any atom is 0.261 e. The molecular weight excluding hydrogens is 408 g/mol. The average Bonchev–Trinajstić information content (AvgIpc) is 2.67. The molecule has 0 unspecified atom stereocenters. The van der Waals surface area contributed by atoms with E-state index < -0.39 is 5.91 Å². The van der Waals surface area contributed by atoms with Crippen LogP contribution in [0.25, 0.3) is 6.08 Å². The first-order valence-corrected chi connectivity index (χ1v) is 9.43. The first-order chi connectivity index (χ1) is 13.0. The number of nitrogens with zero attached hydrogens (tertiary/aromatic N) is 1. The van der Waals surface area contributed by atoms with E-state index >= 15 is 0 Å². The zero-order valence-electron chi connectivity index (χ0n) is 15.0. The standard InChI is InChI=1S/C21H21BrN2O3/c1-2-27-19-13-18(22)12-16(20(19)25)11-17(14-23)21(26)24-10-6-9-15-7-4-3-5-8-15/h3-5,7-8,11-13,25H,2,6,9-10H2,1H3,(H,24,26)/b17-11-. The number of carbonyl (C=O) groups excluding carboxylic acids is 1. The van der Waals surface area contributed by atoms with Crippen LogP contribution in [0, 0.1) is 11.3 Å². The molecule has 27 heavy (non-hydrogen) atoms. The molecule has 0 saturated heterocycles. The molecule has 0 aromatic heterocycles. The van der Waals surface area contributed by atoms with E-state index in [0.717, 1.165) is 12.8 Å². The highest BCUT2D eigenvalue weighted by atomic mass is 79.9. The SMILES string of the molecule is CCOc1cc(Br)cc(/C=C(/C#N)C(=O)NCCCc2ccccc2)c1O. The highest BCUT2D eigenvalue weighted by Crippen LogP contribution is 2.35. The van der Waals surface area contributed by atoms with Crippen molar-refractivity contribution in [3.63, 3.8) is 0 Å². The Morgan fingerprint density at radius 2 is 2.07 bits per heavy atom. The summed E-state index contributed by atoms with van der Waals surface area (Å²) < 4.78 is 6.04. The van der Waals surface area contributed by atoms with Crippen molar-refractivity contribution in [3.05, 3.63) is 63.6 Å². The average molecular weight is 429 g/mol. The molecule has 6 heteroatoms. The van der Waals surface area contributed by atoms with E-state index in [9.17, 15) is 15.2 Å². The number of phenols is 1. The third kappa shape index (κ3) is 6.15. The van der Waals surface area contributed by atoms with Gasteiger partial charge in [0.25, 0.3) is 5.91 Å². The lowest BCUT2D eigenvalue weighted by Gasteiger charge is -2.10. The molecule has 2 aromatic carbocycles. The Morgan fingerprint density at radius 3 is 2.74 bits per heavy atom. The summed E-state index contributed by atoms with van der Waals surface area (Å²) in [6, 6.07) is 15.1.